The fraction of sp³-hybridized carbons (Fsp3) is 0.178. The zero-order valence-electron chi connectivity index (χ0n) is 32.3. The summed E-state index contributed by atoms with van der Waals surface area (Å²) in [6.07, 6.45) is -2.62. The molecular formula is C45H40N6O8. The number of fused-ring (bicyclic) bond motifs is 1. The Kier molecular flexibility index (Phi) is 11.0. The molecule has 0 unspecified atom stereocenters. The molecule has 0 bridgehead atoms. The monoisotopic (exact) mass is 792 g/mol. The molecule has 1 aliphatic rings. The van der Waals surface area contributed by atoms with Crippen molar-refractivity contribution >= 4 is 40.5 Å². The van der Waals surface area contributed by atoms with Gasteiger partial charge in [0.1, 0.15) is 29.3 Å². The van der Waals surface area contributed by atoms with Crippen LogP contribution in [-0.2, 0) is 19.9 Å². The van der Waals surface area contributed by atoms with Crippen LogP contribution in [0, 0.1) is 0 Å². The Bertz CT molecular complexity index is 2450. The molecule has 3 heterocycles. The number of ether oxygens (including phenoxy) is 5. The number of hydrogen-bond donors (Lipinski definition) is 2. The molecule has 2 N–H and O–H groups in total. The van der Waals surface area contributed by atoms with Crippen molar-refractivity contribution in [2.75, 3.05) is 31.0 Å². The molecule has 59 heavy (non-hydrogen) atoms. The molecule has 14 nitrogen and oxygen atoms in total. The van der Waals surface area contributed by atoms with Crippen LogP contribution >= 0.6 is 0 Å². The van der Waals surface area contributed by atoms with Gasteiger partial charge in [-0.2, -0.15) is 9.97 Å². The number of methoxy groups -OCH3 is 2. The van der Waals surface area contributed by atoms with Gasteiger partial charge in [-0.15, -0.1) is 0 Å². The van der Waals surface area contributed by atoms with Gasteiger partial charge in [0.25, 0.3) is 5.88 Å². The Labute approximate surface area is 339 Å². The normalized spacial score (nSPS) is 16.4. The first-order valence-corrected chi connectivity index (χ1v) is 18.8. The largest absolute Gasteiger partial charge is 0.497 e. The number of hydrogen-bond acceptors (Lipinski definition) is 11. The second-order valence-electron chi connectivity index (χ2n) is 13.6. The number of aliphatic hydroxyl groups excluding tert-OH is 1. The molecule has 1 saturated heterocycles. The summed E-state index contributed by atoms with van der Waals surface area (Å²) in [6, 6.07) is 42.9. The molecule has 2 aromatic heterocycles. The van der Waals surface area contributed by atoms with Crippen molar-refractivity contribution in [2.24, 2.45) is 0 Å². The van der Waals surface area contributed by atoms with Gasteiger partial charge in [0.15, 0.2) is 17.4 Å². The summed E-state index contributed by atoms with van der Waals surface area (Å²) in [4.78, 5) is 41.1. The van der Waals surface area contributed by atoms with Gasteiger partial charge in [-0.1, -0.05) is 91.0 Å². The minimum atomic E-state index is -1.27. The molecule has 2 amide bonds. The molecule has 0 saturated carbocycles. The molecule has 5 aromatic carbocycles. The van der Waals surface area contributed by atoms with Gasteiger partial charge in [-0.3, -0.25) is 14.7 Å². The standard InChI is InChI=1S/C45H40N6O8/c1-29(52)47-43-48-40-38(41(49-43)58-44(54)51(33-15-9-5-10-16-33)34-17-11-6-12-18-34)46-28-50(40)42-39(53)37(27-57-42)59-45(30-13-7-4-8-14-30,31-19-23-35(55-2)24-20-31)32-21-25-36(56-3)26-22-32/h4-26,28,37,39,42,53H,27H2,1-3H3,(H,47,48,49,52)/t37-,39+,42+/m0/s1. The first-order chi connectivity index (χ1) is 28.8. The Balaban J connectivity index is 1.17. The van der Waals surface area contributed by atoms with Gasteiger partial charge in [0.05, 0.1) is 38.5 Å². The van der Waals surface area contributed by atoms with Crippen molar-refractivity contribution in [3.63, 3.8) is 0 Å². The third-order valence-electron chi connectivity index (χ3n) is 9.95. The molecule has 0 spiro atoms. The summed E-state index contributed by atoms with van der Waals surface area (Å²) >= 11 is 0. The Hall–Kier alpha value is -7.13. The Morgan fingerprint density at radius 1 is 0.763 bits per heavy atom. The summed E-state index contributed by atoms with van der Waals surface area (Å²) in [5.74, 6) is 0.507. The lowest BCUT2D eigenvalue weighted by atomic mass is 9.79. The number of carbonyl (C=O) groups excluding carboxylic acids is 2. The van der Waals surface area contributed by atoms with Crippen LogP contribution in [0.5, 0.6) is 17.4 Å². The average molecular weight is 793 g/mol. The molecule has 14 heteroatoms. The van der Waals surface area contributed by atoms with Crippen LogP contribution in [0.2, 0.25) is 0 Å². The first-order valence-electron chi connectivity index (χ1n) is 18.8. The number of aromatic nitrogens is 4. The highest BCUT2D eigenvalue weighted by molar-refractivity contribution is 5.98. The van der Waals surface area contributed by atoms with Crippen LogP contribution in [-0.4, -0.2) is 69.7 Å². The first kappa shape index (κ1) is 38.7. The Morgan fingerprint density at radius 2 is 1.29 bits per heavy atom. The lowest BCUT2D eigenvalue weighted by Crippen LogP contribution is -2.41. The van der Waals surface area contributed by atoms with E-state index in [4.69, 9.17) is 23.7 Å². The van der Waals surface area contributed by atoms with Gasteiger partial charge in [0, 0.05) is 6.92 Å². The molecule has 8 rings (SSSR count). The predicted octanol–water partition coefficient (Wildman–Crippen LogP) is 7.41. The maximum Gasteiger partial charge on any atom is 0.425 e. The summed E-state index contributed by atoms with van der Waals surface area (Å²) in [5, 5.41) is 14.7. The second-order valence-corrected chi connectivity index (χ2v) is 13.6. The number of para-hydroxylation sites is 2. The number of imidazole rings is 1. The third-order valence-corrected chi connectivity index (χ3v) is 9.95. The van der Waals surface area contributed by atoms with Crippen molar-refractivity contribution in [1.29, 1.82) is 0 Å². The SMILES string of the molecule is COc1ccc(C(O[C@H]2CO[C@@H](n3cnc4c(OC(=O)N(c5ccccc5)c5ccccc5)nc(NC(C)=O)nc43)[C@@H]2O)(c2ccccc2)c2ccc(OC)cc2)cc1. The van der Waals surface area contributed by atoms with Crippen molar-refractivity contribution in [1.82, 2.24) is 19.5 Å². The number of amides is 2. The van der Waals surface area contributed by atoms with E-state index >= 15 is 0 Å². The predicted molar refractivity (Wildman–Crippen MR) is 219 cm³/mol. The maximum absolute atomic E-state index is 14.0. The fourth-order valence-corrected chi connectivity index (χ4v) is 7.18. The van der Waals surface area contributed by atoms with E-state index in [0.717, 1.165) is 16.7 Å². The smallest absolute Gasteiger partial charge is 0.425 e. The minimum Gasteiger partial charge on any atom is -0.497 e. The van der Waals surface area contributed by atoms with Crippen LogP contribution in [0.15, 0.2) is 146 Å². The average Bonchev–Trinajstić information content (AvgIpc) is 3.86. The van der Waals surface area contributed by atoms with Crippen molar-refractivity contribution < 1.29 is 38.4 Å². The quantitative estimate of drug-likeness (QED) is 0.119. The summed E-state index contributed by atoms with van der Waals surface area (Å²) in [6.45, 7) is 1.28. The van der Waals surface area contributed by atoms with Gasteiger partial charge < -0.3 is 28.8 Å². The molecule has 7 aromatic rings. The van der Waals surface area contributed by atoms with Crippen molar-refractivity contribution in [3.8, 4) is 17.4 Å². The molecule has 1 fully saturated rings. The van der Waals surface area contributed by atoms with Gasteiger partial charge in [-0.05, 0) is 65.2 Å². The molecular weight excluding hydrogens is 753 g/mol. The van der Waals surface area contributed by atoms with Gasteiger partial charge in [-0.25, -0.2) is 14.7 Å². The van der Waals surface area contributed by atoms with E-state index < -0.39 is 36.0 Å². The second kappa shape index (κ2) is 16.8. The molecule has 298 valence electrons. The summed E-state index contributed by atoms with van der Waals surface area (Å²) in [7, 11) is 3.21. The number of rotatable bonds is 12. The fourth-order valence-electron chi connectivity index (χ4n) is 7.18. The van der Waals surface area contributed by atoms with Crippen molar-refractivity contribution in [3.05, 3.63) is 163 Å². The number of carbonyl (C=O) groups is 2. The number of benzene rings is 5. The van der Waals surface area contributed by atoms with E-state index in [1.165, 1.54) is 22.7 Å². The van der Waals surface area contributed by atoms with E-state index in [2.05, 4.69) is 20.3 Å². The molecule has 0 aliphatic carbocycles. The van der Waals surface area contributed by atoms with Crippen LogP contribution in [0.25, 0.3) is 11.2 Å². The number of anilines is 3. The highest BCUT2D eigenvalue weighted by Gasteiger charge is 2.47. The lowest BCUT2D eigenvalue weighted by molar-refractivity contribution is -0.114. The third kappa shape index (κ3) is 7.67. The zero-order chi connectivity index (χ0) is 40.9. The van der Waals surface area contributed by atoms with Crippen LogP contribution < -0.4 is 24.4 Å². The number of nitrogens with one attached hydrogen (secondary N) is 1. The van der Waals surface area contributed by atoms with Crippen molar-refractivity contribution in [2.45, 2.75) is 31.0 Å². The van der Waals surface area contributed by atoms with E-state index in [1.54, 1.807) is 62.8 Å². The number of nitrogens with zero attached hydrogens (tertiary/aromatic N) is 5. The Morgan fingerprint density at radius 3 is 1.81 bits per heavy atom. The van der Waals surface area contributed by atoms with E-state index in [1.807, 2.05) is 91.0 Å². The number of aliphatic hydroxyl groups is 1. The summed E-state index contributed by atoms with van der Waals surface area (Å²) < 4.78 is 31.9. The van der Waals surface area contributed by atoms with E-state index in [0.29, 0.717) is 22.9 Å². The zero-order valence-corrected chi connectivity index (χ0v) is 32.3. The van der Waals surface area contributed by atoms with E-state index in [-0.39, 0.29) is 29.6 Å². The molecule has 0 radical (unpaired) electrons. The maximum atomic E-state index is 14.0. The molecule has 1 aliphatic heterocycles. The van der Waals surface area contributed by atoms with E-state index in [9.17, 15) is 14.7 Å². The van der Waals surface area contributed by atoms with Gasteiger partial charge in [0.2, 0.25) is 11.9 Å². The summed E-state index contributed by atoms with van der Waals surface area (Å²) in [5.41, 5.74) is 2.42. The molecule has 3 atom stereocenters. The highest BCUT2D eigenvalue weighted by Crippen LogP contribution is 2.45. The van der Waals surface area contributed by atoms with Crippen LogP contribution in [0.3, 0.4) is 0 Å². The van der Waals surface area contributed by atoms with Crippen LogP contribution in [0.4, 0.5) is 22.1 Å². The topological polar surface area (TPSA) is 159 Å². The lowest BCUT2D eigenvalue weighted by Gasteiger charge is -2.38. The minimum absolute atomic E-state index is 0.0268. The van der Waals surface area contributed by atoms with Crippen LogP contribution in [0.1, 0.15) is 29.8 Å². The van der Waals surface area contributed by atoms with Gasteiger partial charge >= 0.3 is 6.09 Å². The highest BCUT2D eigenvalue weighted by atomic mass is 16.6.